The molecule has 20 heavy (non-hydrogen) atoms. The van der Waals surface area contributed by atoms with Gasteiger partial charge < -0.3 is 15.5 Å². The average Bonchev–Trinajstić information content (AvgIpc) is 2.44. The van der Waals surface area contributed by atoms with E-state index < -0.39 is 11.9 Å². The first-order chi connectivity index (χ1) is 9.69. The lowest BCUT2D eigenvalue weighted by molar-refractivity contribution is -0.138. The topological polar surface area (TPSA) is 69.6 Å². The van der Waals surface area contributed by atoms with Gasteiger partial charge in [0.05, 0.1) is 5.92 Å². The summed E-state index contributed by atoms with van der Waals surface area (Å²) in [5.74, 6) is -0.916. The Morgan fingerprint density at radius 1 is 1.20 bits per heavy atom. The number of benzene rings is 1. The molecule has 0 aliphatic carbocycles. The highest BCUT2D eigenvalue weighted by atomic mass is 16.4. The number of carboxylic acid groups (broad SMARTS) is 1. The molecule has 0 saturated heterocycles. The Balaban J connectivity index is 2.49. The molecule has 0 bridgehead atoms. The zero-order chi connectivity index (χ0) is 14.8. The summed E-state index contributed by atoms with van der Waals surface area (Å²) in [6.07, 6.45) is 2.90. The van der Waals surface area contributed by atoms with Crippen LogP contribution in [0.5, 0.6) is 0 Å². The summed E-state index contributed by atoms with van der Waals surface area (Å²) in [6.45, 7) is 3.48. The Hall–Kier alpha value is -1.39. The van der Waals surface area contributed by atoms with Crippen LogP contribution in [0, 0.1) is 5.92 Å². The minimum Gasteiger partial charge on any atom is -0.481 e. The summed E-state index contributed by atoms with van der Waals surface area (Å²) >= 11 is 0. The molecule has 2 atom stereocenters. The number of aliphatic hydroxyl groups excluding tert-OH is 1. The van der Waals surface area contributed by atoms with Crippen molar-refractivity contribution >= 4 is 5.97 Å². The van der Waals surface area contributed by atoms with Crippen LogP contribution in [0.3, 0.4) is 0 Å². The average molecular weight is 279 g/mol. The molecule has 0 aromatic heterocycles. The predicted molar refractivity (Wildman–Crippen MR) is 79.8 cm³/mol. The van der Waals surface area contributed by atoms with Crippen molar-refractivity contribution in [1.29, 1.82) is 0 Å². The van der Waals surface area contributed by atoms with Gasteiger partial charge in [-0.15, -0.1) is 0 Å². The minimum atomic E-state index is -0.808. The first kappa shape index (κ1) is 16.7. The van der Waals surface area contributed by atoms with Gasteiger partial charge in [0, 0.05) is 13.2 Å². The first-order valence-corrected chi connectivity index (χ1v) is 7.28. The first-order valence-electron chi connectivity index (χ1n) is 7.28. The van der Waals surface area contributed by atoms with E-state index in [-0.39, 0.29) is 6.61 Å². The molecular weight excluding hydrogens is 254 g/mol. The fourth-order valence-corrected chi connectivity index (χ4v) is 2.40. The lowest BCUT2D eigenvalue weighted by atomic mass is 9.97. The summed E-state index contributed by atoms with van der Waals surface area (Å²) < 4.78 is 0. The van der Waals surface area contributed by atoms with Crippen LogP contribution in [0.1, 0.15) is 37.7 Å². The molecule has 4 heteroatoms. The number of aliphatic hydroxyl groups is 1. The second-order valence-corrected chi connectivity index (χ2v) is 5.13. The largest absolute Gasteiger partial charge is 0.481 e. The summed E-state index contributed by atoms with van der Waals surface area (Å²) in [6, 6.07) is 9.29. The highest BCUT2D eigenvalue weighted by Crippen LogP contribution is 2.15. The highest BCUT2D eigenvalue weighted by Gasteiger charge is 2.19. The molecule has 0 aliphatic rings. The fourth-order valence-electron chi connectivity index (χ4n) is 2.40. The number of rotatable bonds is 10. The number of carbonyl (C=O) groups is 1. The van der Waals surface area contributed by atoms with Gasteiger partial charge in [-0.05, 0) is 30.9 Å². The van der Waals surface area contributed by atoms with E-state index in [0.29, 0.717) is 12.5 Å². The minimum absolute atomic E-state index is 0.188. The fraction of sp³-hybridized carbons (Fsp3) is 0.562. The Morgan fingerprint density at radius 2 is 1.90 bits per heavy atom. The van der Waals surface area contributed by atoms with E-state index in [2.05, 4.69) is 12.2 Å². The molecule has 0 fully saturated rings. The van der Waals surface area contributed by atoms with Crippen LogP contribution in [0.4, 0.5) is 0 Å². The van der Waals surface area contributed by atoms with Crippen LogP contribution >= 0.6 is 0 Å². The van der Waals surface area contributed by atoms with Gasteiger partial charge in [0.2, 0.25) is 0 Å². The van der Waals surface area contributed by atoms with Crippen molar-refractivity contribution in [3.63, 3.8) is 0 Å². The molecule has 0 saturated carbocycles. The Labute approximate surface area is 120 Å². The third-order valence-corrected chi connectivity index (χ3v) is 3.52. The number of hydrogen-bond acceptors (Lipinski definition) is 3. The molecule has 0 aliphatic heterocycles. The zero-order valence-electron chi connectivity index (χ0n) is 12.1. The van der Waals surface area contributed by atoms with E-state index in [4.69, 9.17) is 5.11 Å². The molecule has 2 unspecified atom stereocenters. The summed E-state index contributed by atoms with van der Waals surface area (Å²) in [5, 5.41) is 21.6. The Morgan fingerprint density at radius 3 is 2.45 bits per heavy atom. The van der Waals surface area contributed by atoms with Gasteiger partial charge in [0.15, 0.2) is 0 Å². The summed E-state index contributed by atoms with van der Waals surface area (Å²) in [4.78, 5) is 11.3. The molecule has 4 nitrogen and oxygen atoms in total. The monoisotopic (exact) mass is 279 g/mol. The molecule has 0 heterocycles. The predicted octanol–water partition coefficient (Wildman–Crippen LogP) is 2.24. The molecule has 0 radical (unpaired) electrons. The lowest BCUT2D eigenvalue weighted by Crippen LogP contribution is -2.31. The normalized spacial score (nSPS) is 13.9. The number of aliphatic carboxylic acids is 1. The Kier molecular flexibility index (Phi) is 7.92. The molecule has 1 aromatic carbocycles. The molecule has 3 N–H and O–H groups in total. The third kappa shape index (κ3) is 5.72. The number of carboxylic acids is 1. The molecule has 112 valence electrons. The van der Waals surface area contributed by atoms with Gasteiger partial charge in [-0.2, -0.15) is 0 Å². The number of nitrogens with one attached hydrogen (secondary N) is 1. The standard InChI is InChI=1S/C16H25NO3/c1-2-6-13(9-10-18)11-17-12-15(16(19)20)14-7-4-3-5-8-14/h3-5,7-8,13,15,17-18H,2,6,9-12H2,1H3,(H,19,20). The van der Waals surface area contributed by atoms with Crippen molar-refractivity contribution < 1.29 is 15.0 Å². The van der Waals surface area contributed by atoms with Gasteiger partial charge >= 0.3 is 5.97 Å². The summed E-state index contributed by atoms with van der Waals surface area (Å²) in [5.41, 5.74) is 0.821. The van der Waals surface area contributed by atoms with E-state index in [0.717, 1.165) is 31.4 Å². The van der Waals surface area contributed by atoms with Crippen molar-refractivity contribution in [2.24, 2.45) is 5.92 Å². The van der Waals surface area contributed by atoms with Gasteiger partial charge in [-0.3, -0.25) is 4.79 Å². The summed E-state index contributed by atoms with van der Waals surface area (Å²) in [7, 11) is 0. The van der Waals surface area contributed by atoms with Crippen molar-refractivity contribution in [2.45, 2.75) is 32.1 Å². The van der Waals surface area contributed by atoms with Crippen LogP contribution in [0.2, 0.25) is 0 Å². The van der Waals surface area contributed by atoms with E-state index >= 15 is 0 Å². The second kappa shape index (κ2) is 9.50. The molecule has 0 spiro atoms. The van der Waals surface area contributed by atoms with E-state index in [1.165, 1.54) is 0 Å². The van der Waals surface area contributed by atoms with Crippen molar-refractivity contribution in [3.05, 3.63) is 35.9 Å². The van der Waals surface area contributed by atoms with E-state index in [1.807, 2.05) is 30.3 Å². The maximum Gasteiger partial charge on any atom is 0.312 e. The number of hydrogen-bond donors (Lipinski definition) is 3. The van der Waals surface area contributed by atoms with Crippen LogP contribution in [-0.4, -0.2) is 35.9 Å². The Bertz CT molecular complexity index is 375. The third-order valence-electron chi connectivity index (χ3n) is 3.52. The van der Waals surface area contributed by atoms with Gasteiger partial charge in [-0.1, -0.05) is 43.7 Å². The highest BCUT2D eigenvalue weighted by molar-refractivity contribution is 5.76. The maximum absolute atomic E-state index is 11.3. The van der Waals surface area contributed by atoms with Gasteiger partial charge in [-0.25, -0.2) is 0 Å². The van der Waals surface area contributed by atoms with Crippen molar-refractivity contribution in [2.75, 3.05) is 19.7 Å². The van der Waals surface area contributed by atoms with Crippen LogP contribution in [-0.2, 0) is 4.79 Å². The lowest BCUT2D eigenvalue weighted by Gasteiger charge is -2.18. The zero-order valence-corrected chi connectivity index (χ0v) is 12.1. The maximum atomic E-state index is 11.3. The molecule has 1 rings (SSSR count). The van der Waals surface area contributed by atoms with Crippen molar-refractivity contribution in [1.82, 2.24) is 5.32 Å². The molecule has 1 aromatic rings. The van der Waals surface area contributed by atoms with Gasteiger partial charge in [0.25, 0.3) is 0 Å². The molecular formula is C16H25NO3. The van der Waals surface area contributed by atoms with Crippen LogP contribution < -0.4 is 5.32 Å². The smallest absolute Gasteiger partial charge is 0.312 e. The SMILES string of the molecule is CCCC(CCO)CNCC(C(=O)O)c1ccccc1. The van der Waals surface area contributed by atoms with Gasteiger partial charge in [0.1, 0.15) is 0 Å². The second-order valence-electron chi connectivity index (χ2n) is 5.13. The van der Waals surface area contributed by atoms with Crippen LogP contribution in [0.15, 0.2) is 30.3 Å². The van der Waals surface area contributed by atoms with E-state index in [9.17, 15) is 9.90 Å². The van der Waals surface area contributed by atoms with Crippen molar-refractivity contribution in [3.8, 4) is 0 Å². The van der Waals surface area contributed by atoms with Crippen LogP contribution in [0.25, 0.3) is 0 Å². The quantitative estimate of drug-likeness (QED) is 0.614. The van der Waals surface area contributed by atoms with E-state index in [1.54, 1.807) is 0 Å². The molecule has 0 amide bonds.